The molecule has 1 aromatic heterocycles. The van der Waals surface area contributed by atoms with Crippen LogP contribution in [0.2, 0.25) is 0 Å². The predicted octanol–water partition coefficient (Wildman–Crippen LogP) is 2.74. The summed E-state index contributed by atoms with van der Waals surface area (Å²) in [5.41, 5.74) is 3.16. The van der Waals surface area contributed by atoms with Crippen LogP contribution in [0.15, 0.2) is 29.4 Å². The number of rotatable bonds is 4. The van der Waals surface area contributed by atoms with Crippen molar-refractivity contribution in [3.05, 3.63) is 46.8 Å². The van der Waals surface area contributed by atoms with Crippen LogP contribution in [0.3, 0.4) is 0 Å². The second-order valence-corrected chi connectivity index (χ2v) is 5.19. The fraction of sp³-hybridized carbons (Fsp3) is 0.286. The summed E-state index contributed by atoms with van der Waals surface area (Å²) in [6.07, 6.45) is 2.47. The van der Waals surface area contributed by atoms with Crippen LogP contribution in [-0.4, -0.2) is 26.9 Å². The summed E-state index contributed by atoms with van der Waals surface area (Å²) in [5, 5.41) is 9.96. The van der Waals surface area contributed by atoms with Crippen molar-refractivity contribution in [3.8, 4) is 0 Å². The third kappa shape index (κ3) is 2.81. The molecule has 0 fully saturated rings. The number of carboxylic acid groups (broad SMARTS) is 1. The van der Waals surface area contributed by atoms with Gasteiger partial charge in [0.25, 0.3) is 0 Å². The summed E-state index contributed by atoms with van der Waals surface area (Å²) >= 11 is 1.45. The van der Waals surface area contributed by atoms with E-state index in [1.807, 2.05) is 49.1 Å². The van der Waals surface area contributed by atoms with Gasteiger partial charge in [0, 0.05) is 13.5 Å². The van der Waals surface area contributed by atoms with E-state index in [9.17, 15) is 9.90 Å². The summed E-state index contributed by atoms with van der Waals surface area (Å²) in [5.74, 6) is -0.974. The fourth-order valence-electron chi connectivity index (χ4n) is 1.96. The smallest absolute Gasteiger partial charge is 0.356 e. The van der Waals surface area contributed by atoms with Gasteiger partial charge in [-0.15, -0.1) is 0 Å². The zero-order valence-electron chi connectivity index (χ0n) is 11.2. The van der Waals surface area contributed by atoms with E-state index in [2.05, 4.69) is 4.98 Å². The maximum Gasteiger partial charge on any atom is 0.356 e. The first-order chi connectivity index (χ1) is 9.02. The van der Waals surface area contributed by atoms with Crippen LogP contribution >= 0.6 is 11.8 Å². The molecular weight excluding hydrogens is 260 g/mol. The first kappa shape index (κ1) is 13.7. The van der Waals surface area contributed by atoms with Gasteiger partial charge in [0.1, 0.15) is 0 Å². The number of carboxylic acids is 1. The Labute approximate surface area is 116 Å². The molecule has 1 N–H and O–H groups in total. The molecule has 0 amide bonds. The predicted molar refractivity (Wildman–Crippen MR) is 75.9 cm³/mol. The number of benzene rings is 1. The maximum atomic E-state index is 11.3. The Morgan fingerprint density at radius 3 is 2.53 bits per heavy atom. The van der Waals surface area contributed by atoms with Crippen molar-refractivity contribution in [3.63, 3.8) is 0 Å². The van der Waals surface area contributed by atoms with Gasteiger partial charge in [0.2, 0.25) is 0 Å². The van der Waals surface area contributed by atoms with Gasteiger partial charge in [-0.2, -0.15) is 0 Å². The Kier molecular flexibility index (Phi) is 3.95. The van der Waals surface area contributed by atoms with E-state index < -0.39 is 5.97 Å². The van der Waals surface area contributed by atoms with Crippen LogP contribution < -0.4 is 0 Å². The van der Waals surface area contributed by atoms with E-state index in [0.29, 0.717) is 6.42 Å². The third-order valence-corrected chi connectivity index (χ3v) is 3.78. The number of thioether (sulfide) groups is 1. The topological polar surface area (TPSA) is 55.1 Å². The van der Waals surface area contributed by atoms with E-state index in [-0.39, 0.29) is 5.69 Å². The van der Waals surface area contributed by atoms with Crippen molar-refractivity contribution in [1.82, 2.24) is 9.55 Å². The van der Waals surface area contributed by atoms with E-state index in [1.54, 1.807) is 0 Å². The minimum Gasteiger partial charge on any atom is -0.476 e. The molecule has 0 saturated heterocycles. The highest BCUT2D eigenvalue weighted by molar-refractivity contribution is 7.98. The summed E-state index contributed by atoms with van der Waals surface area (Å²) in [6.45, 7) is 2.03. The van der Waals surface area contributed by atoms with Crippen molar-refractivity contribution in [2.45, 2.75) is 18.5 Å². The van der Waals surface area contributed by atoms with Crippen molar-refractivity contribution in [2.24, 2.45) is 7.05 Å². The third-order valence-electron chi connectivity index (χ3n) is 3.05. The molecule has 0 aliphatic rings. The van der Waals surface area contributed by atoms with Crippen LogP contribution in [0.25, 0.3) is 0 Å². The van der Waals surface area contributed by atoms with Crippen LogP contribution in [0.1, 0.15) is 27.3 Å². The van der Waals surface area contributed by atoms with Gasteiger partial charge in [0.15, 0.2) is 10.9 Å². The van der Waals surface area contributed by atoms with Gasteiger partial charge in [-0.1, -0.05) is 41.6 Å². The summed E-state index contributed by atoms with van der Waals surface area (Å²) in [7, 11) is 1.86. The molecule has 1 heterocycles. The summed E-state index contributed by atoms with van der Waals surface area (Å²) in [4.78, 5) is 15.4. The molecule has 2 rings (SSSR count). The van der Waals surface area contributed by atoms with E-state index in [4.69, 9.17) is 0 Å². The highest BCUT2D eigenvalue weighted by Gasteiger charge is 2.19. The molecule has 4 nitrogen and oxygen atoms in total. The zero-order chi connectivity index (χ0) is 14.0. The number of nitrogens with zero attached hydrogens (tertiary/aromatic N) is 2. The minimum absolute atomic E-state index is 0.146. The van der Waals surface area contributed by atoms with Gasteiger partial charge < -0.3 is 9.67 Å². The largest absolute Gasteiger partial charge is 0.476 e. The number of imidazole rings is 1. The fourth-order valence-corrected chi connectivity index (χ4v) is 2.53. The Morgan fingerprint density at radius 1 is 1.37 bits per heavy atom. The second kappa shape index (κ2) is 5.48. The second-order valence-electron chi connectivity index (χ2n) is 4.42. The number of carbonyl (C=O) groups is 1. The van der Waals surface area contributed by atoms with Crippen molar-refractivity contribution < 1.29 is 9.90 Å². The van der Waals surface area contributed by atoms with Crippen molar-refractivity contribution in [2.75, 3.05) is 6.26 Å². The molecule has 2 aromatic rings. The number of aromatic carboxylic acids is 1. The SMILES string of the molecule is CSc1nc(C(=O)O)c(Cc2ccc(C)cc2)n1C. The van der Waals surface area contributed by atoms with E-state index >= 15 is 0 Å². The van der Waals surface area contributed by atoms with Gasteiger partial charge in [-0.25, -0.2) is 9.78 Å². The van der Waals surface area contributed by atoms with Gasteiger partial charge in [0.05, 0.1) is 5.69 Å². The molecule has 0 radical (unpaired) electrons. The molecule has 0 unspecified atom stereocenters. The lowest BCUT2D eigenvalue weighted by atomic mass is 10.1. The highest BCUT2D eigenvalue weighted by atomic mass is 32.2. The van der Waals surface area contributed by atoms with Crippen molar-refractivity contribution in [1.29, 1.82) is 0 Å². The summed E-state index contributed by atoms with van der Waals surface area (Å²) < 4.78 is 1.86. The van der Waals surface area contributed by atoms with E-state index in [1.165, 1.54) is 17.3 Å². The first-order valence-electron chi connectivity index (χ1n) is 5.91. The lowest BCUT2D eigenvalue weighted by molar-refractivity contribution is 0.0689. The standard InChI is InChI=1S/C14H16N2O2S/c1-9-4-6-10(7-5-9)8-11-12(13(17)18)15-14(19-3)16(11)2/h4-7H,8H2,1-3H3,(H,17,18). The average molecular weight is 276 g/mol. The van der Waals surface area contributed by atoms with Gasteiger partial charge >= 0.3 is 5.97 Å². The normalized spacial score (nSPS) is 10.7. The Bertz CT molecular complexity index is 603. The Hall–Kier alpha value is -1.75. The molecular formula is C14H16N2O2S. The highest BCUT2D eigenvalue weighted by Crippen LogP contribution is 2.21. The molecule has 1 aromatic carbocycles. The molecule has 0 spiro atoms. The molecule has 100 valence electrons. The quantitative estimate of drug-likeness (QED) is 0.872. The molecule has 0 saturated carbocycles. The molecule has 19 heavy (non-hydrogen) atoms. The molecule has 5 heteroatoms. The number of hydrogen-bond acceptors (Lipinski definition) is 3. The number of aryl methyl sites for hydroxylation is 1. The minimum atomic E-state index is -0.974. The monoisotopic (exact) mass is 276 g/mol. The summed E-state index contributed by atoms with van der Waals surface area (Å²) in [6, 6.07) is 8.10. The Balaban J connectivity index is 2.40. The van der Waals surface area contributed by atoms with Gasteiger partial charge in [-0.3, -0.25) is 0 Å². The number of aromatic nitrogens is 2. The van der Waals surface area contributed by atoms with Crippen LogP contribution in [-0.2, 0) is 13.5 Å². The zero-order valence-corrected chi connectivity index (χ0v) is 12.0. The molecule has 0 aliphatic heterocycles. The van der Waals surface area contributed by atoms with Crippen LogP contribution in [0.4, 0.5) is 0 Å². The molecule has 0 atom stereocenters. The van der Waals surface area contributed by atoms with E-state index in [0.717, 1.165) is 16.4 Å². The Morgan fingerprint density at radius 2 is 2.00 bits per heavy atom. The lowest BCUT2D eigenvalue weighted by Gasteiger charge is -2.06. The first-order valence-corrected chi connectivity index (χ1v) is 7.13. The van der Waals surface area contributed by atoms with Crippen molar-refractivity contribution >= 4 is 17.7 Å². The average Bonchev–Trinajstić information content (AvgIpc) is 2.70. The molecule has 0 bridgehead atoms. The molecule has 0 aliphatic carbocycles. The maximum absolute atomic E-state index is 11.3. The van der Waals surface area contributed by atoms with Crippen LogP contribution in [0, 0.1) is 6.92 Å². The lowest BCUT2D eigenvalue weighted by Crippen LogP contribution is -2.06. The van der Waals surface area contributed by atoms with Gasteiger partial charge in [-0.05, 0) is 18.7 Å². The van der Waals surface area contributed by atoms with Crippen LogP contribution in [0.5, 0.6) is 0 Å². The number of hydrogen-bond donors (Lipinski definition) is 1.